The van der Waals surface area contributed by atoms with E-state index in [1.165, 1.54) is 0 Å². The van der Waals surface area contributed by atoms with E-state index in [1.54, 1.807) is 0 Å². The summed E-state index contributed by atoms with van der Waals surface area (Å²) in [5, 5.41) is 0. The maximum absolute atomic E-state index is 0. The van der Waals surface area contributed by atoms with Crippen LogP contribution in [0, 0.1) is 0 Å². The molecule has 1 unspecified atom stereocenters. The predicted molar refractivity (Wildman–Crippen MR) is 34.9 cm³/mol. The Labute approximate surface area is 114 Å². The van der Waals surface area contributed by atoms with Crippen molar-refractivity contribution in [2.24, 2.45) is 0 Å². The molecule has 0 aliphatic rings. The molecule has 3 N–H and O–H groups in total. The number of rotatable bonds is 0. The van der Waals surface area contributed by atoms with Crippen LogP contribution in [0.15, 0.2) is 0 Å². The molecule has 27 valence electrons. The SMILES string of the molecule is Cl.N.P.[Ca].[K]. The van der Waals surface area contributed by atoms with E-state index in [1.807, 2.05) is 0 Å². The average Bonchev–Trinajstić information content (AvgIpc) is 0. The first kappa shape index (κ1) is 38.5. The van der Waals surface area contributed by atoms with Gasteiger partial charge >= 0.3 is 0 Å². The van der Waals surface area contributed by atoms with Crippen molar-refractivity contribution in [2.45, 2.75) is 0 Å². The predicted octanol–water partition coefficient (Wildman–Crippen LogP) is -0.120. The molecular weight excluding hydrogens is 160 g/mol. The summed E-state index contributed by atoms with van der Waals surface area (Å²) in [5.74, 6) is 0. The van der Waals surface area contributed by atoms with E-state index in [0.717, 1.165) is 0 Å². The molecule has 0 aliphatic carbocycles. The summed E-state index contributed by atoms with van der Waals surface area (Å²) in [6.45, 7) is 0. The van der Waals surface area contributed by atoms with Gasteiger partial charge in [0.2, 0.25) is 0 Å². The van der Waals surface area contributed by atoms with Crippen LogP contribution in [-0.4, -0.2) is 89.1 Å². The van der Waals surface area contributed by atoms with Gasteiger partial charge in [-0.2, -0.15) is 9.90 Å². The van der Waals surface area contributed by atoms with Crippen LogP contribution in [0.25, 0.3) is 0 Å². The zero-order chi connectivity index (χ0) is 0. The Kier molecular flexibility index (Phi) is 197. The number of hydrogen-bond donors (Lipinski definition) is 1. The minimum absolute atomic E-state index is 0. The maximum Gasteiger partial charge on any atom is 0 e. The summed E-state index contributed by atoms with van der Waals surface area (Å²) >= 11 is 0. The van der Waals surface area contributed by atoms with Crippen molar-refractivity contribution >= 4 is 111 Å². The fourth-order valence-electron chi connectivity index (χ4n) is 0. The van der Waals surface area contributed by atoms with Crippen molar-refractivity contribution in [3.05, 3.63) is 0 Å². The van der Waals surface area contributed by atoms with Gasteiger partial charge in [0.05, 0.1) is 0 Å². The smallest absolute Gasteiger partial charge is 0 e. The Morgan fingerprint density at radius 3 is 1.00 bits per heavy atom. The van der Waals surface area contributed by atoms with Crippen LogP contribution >= 0.6 is 22.3 Å². The molecule has 0 aromatic heterocycles. The van der Waals surface area contributed by atoms with Gasteiger partial charge in [-0.05, 0) is 0 Å². The second-order valence-electron chi connectivity index (χ2n) is 0. The van der Waals surface area contributed by atoms with Gasteiger partial charge in [-0.1, -0.05) is 0 Å². The summed E-state index contributed by atoms with van der Waals surface area (Å²) in [6.07, 6.45) is 0. The molecular formula is H7CaClKNP. The van der Waals surface area contributed by atoms with E-state index in [9.17, 15) is 0 Å². The molecule has 0 spiro atoms. The molecule has 5 heteroatoms. The summed E-state index contributed by atoms with van der Waals surface area (Å²) in [7, 11) is 0. The Bertz CT molecular complexity index is 11.6. The molecule has 0 fully saturated rings. The van der Waals surface area contributed by atoms with Crippen LogP contribution in [0.1, 0.15) is 0 Å². The molecule has 0 amide bonds. The van der Waals surface area contributed by atoms with Gasteiger partial charge in [0.1, 0.15) is 0 Å². The standard InChI is InChI=1S/Ca.ClH.K.H3N.H3P/h;1H;;2*1H3. The number of halogens is 1. The molecule has 1 atom stereocenters. The minimum atomic E-state index is 0. The van der Waals surface area contributed by atoms with E-state index in [0.29, 0.717) is 0 Å². The third-order valence-corrected chi connectivity index (χ3v) is 0. The Hall–Kier alpha value is 3.58. The molecule has 1 nitrogen and oxygen atoms in total. The maximum atomic E-state index is 0. The number of hydrogen-bond acceptors (Lipinski definition) is 1. The van der Waals surface area contributed by atoms with Crippen molar-refractivity contribution in [1.82, 2.24) is 6.15 Å². The van der Waals surface area contributed by atoms with E-state index < -0.39 is 0 Å². The Morgan fingerprint density at radius 1 is 1.00 bits per heavy atom. The summed E-state index contributed by atoms with van der Waals surface area (Å²) in [5.41, 5.74) is 0. The molecule has 0 bridgehead atoms. The van der Waals surface area contributed by atoms with Gasteiger partial charge in [-0.3, -0.25) is 0 Å². The van der Waals surface area contributed by atoms with Crippen molar-refractivity contribution in [2.75, 3.05) is 0 Å². The van der Waals surface area contributed by atoms with E-state index >= 15 is 0 Å². The Balaban J connectivity index is 0. The molecule has 5 heavy (non-hydrogen) atoms. The van der Waals surface area contributed by atoms with Crippen LogP contribution in [0.2, 0.25) is 0 Å². The van der Waals surface area contributed by atoms with Crippen LogP contribution in [-0.2, 0) is 0 Å². The average molecular weight is 167 g/mol. The van der Waals surface area contributed by atoms with E-state index in [4.69, 9.17) is 0 Å². The zero-order valence-corrected chi connectivity index (χ0v) is 11.1. The molecule has 0 saturated heterocycles. The van der Waals surface area contributed by atoms with Crippen molar-refractivity contribution in [3.63, 3.8) is 0 Å². The second-order valence-corrected chi connectivity index (χ2v) is 0. The molecule has 0 aliphatic heterocycles. The topological polar surface area (TPSA) is 35.0 Å². The van der Waals surface area contributed by atoms with Crippen molar-refractivity contribution < 1.29 is 0 Å². The van der Waals surface area contributed by atoms with Crippen LogP contribution < -0.4 is 6.15 Å². The summed E-state index contributed by atoms with van der Waals surface area (Å²) < 4.78 is 0. The third-order valence-electron chi connectivity index (χ3n) is 0. The first-order chi connectivity index (χ1) is 0. The van der Waals surface area contributed by atoms with Crippen molar-refractivity contribution in [1.29, 1.82) is 0 Å². The normalized spacial score (nSPS) is 0. The van der Waals surface area contributed by atoms with Gasteiger partial charge in [-0.25, -0.2) is 0 Å². The molecule has 3 radical (unpaired) electrons. The van der Waals surface area contributed by atoms with Crippen LogP contribution in [0.3, 0.4) is 0 Å². The molecule has 0 aromatic carbocycles. The first-order valence-electron chi connectivity index (χ1n) is 0. The summed E-state index contributed by atoms with van der Waals surface area (Å²) in [4.78, 5) is 0. The first-order valence-corrected chi connectivity index (χ1v) is 0. The Morgan fingerprint density at radius 2 is 1.00 bits per heavy atom. The van der Waals surface area contributed by atoms with Gasteiger partial charge in [0, 0.05) is 89.1 Å². The quantitative estimate of drug-likeness (QED) is 0.395. The monoisotopic (exact) mass is 166 g/mol. The molecule has 0 aromatic rings. The summed E-state index contributed by atoms with van der Waals surface area (Å²) in [6, 6.07) is 0. The van der Waals surface area contributed by atoms with E-state index in [2.05, 4.69) is 0 Å². The van der Waals surface area contributed by atoms with Gasteiger partial charge < -0.3 is 6.15 Å². The third kappa shape index (κ3) is 18.4. The fourth-order valence-corrected chi connectivity index (χ4v) is 0. The van der Waals surface area contributed by atoms with Gasteiger partial charge in [0.15, 0.2) is 0 Å². The second kappa shape index (κ2) is 25.6. The van der Waals surface area contributed by atoms with Gasteiger partial charge in [0.25, 0.3) is 0 Å². The van der Waals surface area contributed by atoms with Crippen LogP contribution in [0.5, 0.6) is 0 Å². The molecule has 0 saturated carbocycles. The van der Waals surface area contributed by atoms with Gasteiger partial charge in [-0.15, -0.1) is 12.4 Å². The zero-order valence-electron chi connectivity index (χ0n) is 3.53. The van der Waals surface area contributed by atoms with Crippen LogP contribution in [0.4, 0.5) is 0 Å². The fraction of sp³-hybridized carbons (Fsp3) is 0. The largest absolute Gasteiger partial charge is 0.344 e. The van der Waals surface area contributed by atoms with E-state index in [-0.39, 0.29) is 118 Å². The molecule has 0 heterocycles. The molecule has 0 rings (SSSR count). The van der Waals surface area contributed by atoms with Crippen molar-refractivity contribution in [3.8, 4) is 0 Å². The minimum Gasteiger partial charge on any atom is -0.344 e.